The molecule has 7 heteroatoms. The summed E-state index contributed by atoms with van der Waals surface area (Å²) in [5, 5.41) is 11.7. The second kappa shape index (κ2) is 8.53. The number of anilines is 1. The third-order valence-corrected chi connectivity index (χ3v) is 3.32. The first-order valence-electron chi connectivity index (χ1n) is 7.29. The standard InChI is InChI=1S/C16H21ClN2O4/c1-10(2)9-19(7-6-15(21)22)16(23)13-8-12(18-11(3)20)4-5-14(13)17/h4-5,8,10H,6-7,9H2,1-3H3,(H,18,20)(H,21,22). The minimum absolute atomic E-state index is 0.104. The molecule has 23 heavy (non-hydrogen) atoms. The van der Waals surface area contributed by atoms with E-state index in [0.717, 1.165) is 0 Å². The van der Waals surface area contributed by atoms with Crippen LogP contribution in [0.4, 0.5) is 5.69 Å². The highest BCUT2D eigenvalue weighted by Gasteiger charge is 2.20. The Morgan fingerprint density at radius 1 is 1.30 bits per heavy atom. The number of benzene rings is 1. The van der Waals surface area contributed by atoms with E-state index in [1.807, 2.05) is 13.8 Å². The van der Waals surface area contributed by atoms with Gasteiger partial charge in [0.1, 0.15) is 0 Å². The molecule has 2 N–H and O–H groups in total. The Morgan fingerprint density at radius 2 is 1.96 bits per heavy atom. The second-order valence-electron chi connectivity index (χ2n) is 5.66. The molecule has 0 saturated heterocycles. The van der Waals surface area contributed by atoms with E-state index in [9.17, 15) is 14.4 Å². The van der Waals surface area contributed by atoms with Gasteiger partial charge in [0, 0.05) is 25.7 Å². The van der Waals surface area contributed by atoms with Gasteiger partial charge in [-0.2, -0.15) is 0 Å². The van der Waals surface area contributed by atoms with Crippen molar-refractivity contribution in [1.82, 2.24) is 4.90 Å². The first kappa shape index (κ1) is 19.0. The number of carboxylic acid groups (broad SMARTS) is 1. The monoisotopic (exact) mass is 340 g/mol. The topological polar surface area (TPSA) is 86.7 Å². The van der Waals surface area contributed by atoms with E-state index in [1.165, 1.54) is 24.0 Å². The van der Waals surface area contributed by atoms with Crippen molar-refractivity contribution in [3.05, 3.63) is 28.8 Å². The highest BCUT2D eigenvalue weighted by atomic mass is 35.5. The number of carbonyl (C=O) groups excluding carboxylic acids is 2. The molecule has 1 aromatic carbocycles. The molecule has 0 aliphatic rings. The predicted octanol–water partition coefficient (Wildman–Crippen LogP) is 2.87. The smallest absolute Gasteiger partial charge is 0.305 e. The van der Waals surface area contributed by atoms with Crippen LogP contribution in [0.15, 0.2) is 18.2 Å². The first-order chi connectivity index (χ1) is 10.7. The number of hydrogen-bond donors (Lipinski definition) is 2. The van der Waals surface area contributed by atoms with E-state index >= 15 is 0 Å². The van der Waals surface area contributed by atoms with Crippen molar-refractivity contribution < 1.29 is 19.5 Å². The summed E-state index contributed by atoms with van der Waals surface area (Å²) in [6, 6.07) is 4.63. The SMILES string of the molecule is CC(=O)Nc1ccc(Cl)c(C(=O)N(CCC(=O)O)CC(C)C)c1. The number of halogens is 1. The molecule has 0 spiro atoms. The van der Waals surface area contributed by atoms with Crippen LogP contribution in [0.5, 0.6) is 0 Å². The fourth-order valence-electron chi connectivity index (χ4n) is 2.09. The van der Waals surface area contributed by atoms with E-state index in [-0.39, 0.29) is 41.3 Å². The summed E-state index contributed by atoms with van der Waals surface area (Å²) in [6.45, 7) is 5.78. The van der Waals surface area contributed by atoms with Crippen molar-refractivity contribution in [3.63, 3.8) is 0 Å². The fraction of sp³-hybridized carbons (Fsp3) is 0.438. The zero-order chi connectivity index (χ0) is 17.6. The molecular formula is C16H21ClN2O4. The highest BCUT2D eigenvalue weighted by Crippen LogP contribution is 2.23. The van der Waals surface area contributed by atoms with Crippen LogP contribution in [-0.2, 0) is 9.59 Å². The average Bonchev–Trinajstić information content (AvgIpc) is 2.43. The maximum absolute atomic E-state index is 12.7. The largest absolute Gasteiger partial charge is 0.481 e. The average molecular weight is 341 g/mol. The number of nitrogens with zero attached hydrogens (tertiary/aromatic N) is 1. The molecule has 0 atom stereocenters. The lowest BCUT2D eigenvalue weighted by atomic mass is 10.1. The van der Waals surface area contributed by atoms with Gasteiger partial charge in [0.15, 0.2) is 0 Å². The van der Waals surface area contributed by atoms with E-state index in [4.69, 9.17) is 16.7 Å². The number of nitrogens with one attached hydrogen (secondary N) is 1. The van der Waals surface area contributed by atoms with Gasteiger partial charge < -0.3 is 15.3 Å². The number of rotatable bonds is 7. The van der Waals surface area contributed by atoms with Crippen LogP contribution in [0.1, 0.15) is 37.6 Å². The Kier molecular flexibility index (Phi) is 7.03. The lowest BCUT2D eigenvalue weighted by Crippen LogP contribution is -2.36. The van der Waals surface area contributed by atoms with Crippen LogP contribution in [0.25, 0.3) is 0 Å². The van der Waals surface area contributed by atoms with Gasteiger partial charge in [-0.3, -0.25) is 14.4 Å². The van der Waals surface area contributed by atoms with E-state index < -0.39 is 5.97 Å². The number of carboxylic acids is 1. The normalized spacial score (nSPS) is 10.5. The Balaban J connectivity index is 3.05. The van der Waals surface area contributed by atoms with Gasteiger partial charge in [-0.1, -0.05) is 25.4 Å². The number of hydrogen-bond acceptors (Lipinski definition) is 3. The van der Waals surface area contributed by atoms with Gasteiger partial charge in [-0.05, 0) is 24.1 Å². The van der Waals surface area contributed by atoms with E-state index in [0.29, 0.717) is 12.2 Å². The molecule has 0 heterocycles. The Bertz CT molecular complexity index is 602. The summed E-state index contributed by atoms with van der Waals surface area (Å²) >= 11 is 6.09. The molecule has 1 aromatic rings. The molecule has 0 saturated carbocycles. The molecule has 1 rings (SSSR count). The summed E-state index contributed by atoms with van der Waals surface area (Å²) in [7, 11) is 0. The maximum Gasteiger partial charge on any atom is 0.305 e. The summed E-state index contributed by atoms with van der Waals surface area (Å²) in [6.07, 6.45) is -0.137. The number of aliphatic carboxylic acids is 1. The third-order valence-electron chi connectivity index (χ3n) is 2.99. The van der Waals surface area contributed by atoms with Gasteiger partial charge in [0.2, 0.25) is 5.91 Å². The van der Waals surface area contributed by atoms with Crippen LogP contribution < -0.4 is 5.32 Å². The Hall–Kier alpha value is -2.08. The van der Waals surface area contributed by atoms with Crippen molar-refractivity contribution in [2.45, 2.75) is 27.2 Å². The Morgan fingerprint density at radius 3 is 2.48 bits per heavy atom. The zero-order valence-corrected chi connectivity index (χ0v) is 14.2. The van der Waals surface area contributed by atoms with E-state index in [1.54, 1.807) is 6.07 Å². The first-order valence-corrected chi connectivity index (χ1v) is 7.66. The van der Waals surface area contributed by atoms with E-state index in [2.05, 4.69) is 5.32 Å². The molecular weight excluding hydrogens is 320 g/mol. The molecule has 0 aromatic heterocycles. The molecule has 0 bridgehead atoms. The van der Waals surface area contributed by atoms with Crippen LogP contribution in [0.3, 0.4) is 0 Å². The summed E-state index contributed by atoms with van der Waals surface area (Å²) in [5.74, 6) is -1.39. The number of amides is 2. The molecule has 0 radical (unpaired) electrons. The molecule has 2 amide bonds. The van der Waals surface area contributed by atoms with Gasteiger partial charge in [0.25, 0.3) is 5.91 Å². The molecule has 0 unspecified atom stereocenters. The minimum Gasteiger partial charge on any atom is -0.481 e. The summed E-state index contributed by atoms with van der Waals surface area (Å²) < 4.78 is 0. The zero-order valence-electron chi connectivity index (χ0n) is 13.4. The molecule has 0 fully saturated rings. The molecule has 126 valence electrons. The molecule has 6 nitrogen and oxygen atoms in total. The second-order valence-corrected chi connectivity index (χ2v) is 6.07. The van der Waals surface area contributed by atoms with Gasteiger partial charge in [0.05, 0.1) is 17.0 Å². The molecule has 0 aliphatic heterocycles. The summed E-state index contributed by atoms with van der Waals surface area (Å²) in [4.78, 5) is 36.1. The van der Waals surface area contributed by atoms with Crippen LogP contribution >= 0.6 is 11.6 Å². The van der Waals surface area contributed by atoms with Crippen LogP contribution in [-0.4, -0.2) is 40.9 Å². The van der Waals surface area contributed by atoms with Crippen molar-refractivity contribution in [1.29, 1.82) is 0 Å². The highest BCUT2D eigenvalue weighted by molar-refractivity contribution is 6.34. The van der Waals surface area contributed by atoms with Gasteiger partial charge in [-0.15, -0.1) is 0 Å². The van der Waals surface area contributed by atoms with Crippen molar-refractivity contribution >= 4 is 35.1 Å². The fourth-order valence-corrected chi connectivity index (χ4v) is 2.29. The predicted molar refractivity (Wildman–Crippen MR) is 88.8 cm³/mol. The van der Waals surface area contributed by atoms with Crippen molar-refractivity contribution in [2.75, 3.05) is 18.4 Å². The quantitative estimate of drug-likeness (QED) is 0.799. The van der Waals surface area contributed by atoms with Crippen molar-refractivity contribution in [2.24, 2.45) is 5.92 Å². The summed E-state index contributed by atoms with van der Waals surface area (Å²) in [5.41, 5.74) is 0.705. The third kappa shape index (κ3) is 6.28. The Labute approximate surface area is 140 Å². The number of carbonyl (C=O) groups is 3. The van der Waals surface area contributed by atoms with Gasteiger partial charge >= 0.3 is 5.97 Å². The lowest BCUT2D eigenvalue weighted by molar-refractivity contribution is -0.137. The van der Waals surface area contributed by atoms with Gasteiger partial charge in [-0.25, -0.2) is 0 Å². The minimum atomic E-state index is -0.968. The lowest BCUT2D eigenvalue weighted by Gasteiger charge is -2.24. The maximum atomic E-state index is 12.7. The van der Waals surface area contributed by atoms with Crippen molar-refractivity contribution in [3.8, 4) is 0 Å². The van der Waals surface area contributed by atoms with Crippen LogP contribution in [0, 0.1) is 5.92 Å². The molecule has 0 aliphatic carbocycles. The van der Waals surface area contributed by atoms with Crippen LogP contribution in [0.2, 0.25) is 5.02 Å².